The highest BCUT2D eigenvalue weighted by molar-refractivity contribution is 6.29. The molecule has 0 radical (unpaired) electrons. The van der Waals surface area contributed by atoms with Crippen LogP contribution in [0.25, 0.3) is 0 Å². The molecule has 0 aliphatic heterocycles. The molecule has 0 fully saturated rings. The lowest BCUT2D eigenvalue weighted by atomic mass is 10.2. The number of methoxy groups -OCH3 is 1. The summed E-state index contributed by atoms with van der Waals surface area (Å²) in [4.78, 5) is 15.8. The van der Waals surface area contributed by atoms with Crippen LogP contribution in [0.4, 0.5) is 5.69 Å². The van der Waals surface area contributed by atoms with Crippen molar-refractivity contribution < 1.29 is 14.3 Å². The van der Waals surface area contributed by atoms with Crippen LogP contribution >= 0.6 is 11.6 Å². The number of carbonyl (C=O) groups is 1. The molecule has 2 rings (SSSR count). The van der Waals surface area contributed by atoms with Gasteiger partial charge in [0.05, 0.1) is 19.4 Å². The van der Waals surface area contributed by atoms with Crippen molar-refractivity contribution in [2.75, 3.05) is 19.0 Å². The van der Waals surface area contributed by atoms with Gasteiger partial charge in [0, 0.05) is 12.7 Å². The molecule has 0 unspecified atom stereocenters. The molecule has 0 spiro atoms. The van der Waals surface area contributed by atoms with Gasteiger partial charge in [0.1, 0.15) is 16.5 Å². The minimum absolute atomic E-state index is 0.305. The molecule has 1 N–H and O–H groups in total. The minimum atomic E-state index is -0.427. The first-order valence-corrected chi connectivity index (χ1v) is 8.21. The monoisotopic (exact) mass is 350 g/mol. The fourth-order valence-electron chi connectivity index (χ4n) is 1.89. The molecule has 1 aromatic heterocycles. The predicted molar refractivity (Wildman–Crippen MR) is 96.9 cm³/mol. The van der Waals surface area contributed by atoms with Crippen LogP contribution in [-0.4, -0.2) is 24.7 Å². The van der Waals surface area contributed by atoms with Crippen LogP contribution in [0.2, 0.25) is 5.15 Å². The van der Waals surface area contributed by atoms with Crippen molar-refractivity contribution in [1.82, 2.24) is 4.98 Å². The summed E-state index contributed by atoms with van der Waals surface area (Å²) in [6.07, 6.45) is 1.41. The lowest BCUT2D eigenvalue weighted by molar-refractivity contribution is 0.0527. The third-order valence-corrected chi connectivity index (χ3v) is 3.21. The number of nitrogens with zero attached hydrogens (tertiary/aromatic N) is 1. The molecular formula is C18H23ClN2O3. The molecule has 0 aliphatic carbocycles. The Morgan fingerprint density at radius 2 is 1.92 bits per heavy atom. The number of hydrogen-bond acceptors (Lipinski definition) is 5. The molecule has 0 amide bonds. The summed E-state index contributed by atoms with van der Waals surface area (Å²) in [5, 5.41) is 3.49. The van der Waals surface area contributed by atoms with Gasteiger partial charge in [-0.15, -0.1) is 0 Å². The van der Waals surface area contributed by atoms with E-state index in [4.69, 9.17) is 21.1 Å². The average molecular weight is 351 g/mol. The Bertz CT molecular complexity index is 645. The van der Waals surface area contributed by atoms with Crippen molar-refractivity contribution in [3.8, 4) is 5.75 Å². The van der Waals surface area contributed by atoms with E-state index in [1.807, 2.05) is 38.1 Å². The van der Waals surface area contributed by atoms with Gasteiger partial charge in [-0.3, -0.25) is 0 Å². The fourth-order valence-corrected chi connectivity index (χ4v) is 2.05. The molecule has 0 saturated carbocycles. The summed E-state index contributed by atoms with van der Waals surface area (Å²) in [5.41, 5.74) is 2.00. The zero-order chi connectivity index (χ0) is 17.9. The van der Waals surface area contributed by atoms with Crippen LogP contribution in [0.15, 0.2) is 36.5 Å². The highest BCUT2D eigenvalue weighted by Crippen LogP contribution is 2.21. The molecule has 0 bridgehead atoms. The van der Waals surface area contributed by atoms with Gasteiger partial charge < -0.3 is 14.8 Å². The molecule has 0 saturated heterocycles. The van der Waals surface area contributed by atoms with Gasteiger partial charge >= 0.3 is 5.97 Å². The number of aromatic nitrogens is 1. The first kappa shape index (κ1) is 19.8. The molecule has 0 atom stereocenters. The predicted octanol–water partition coefficient (Wildman–Crippen LogP) is 4.56. The molecule has 130 valence electrons. The molecule has 1 heterocycles. The van der Waals surface area contributed by atoms with Gasteiger partial charge in [0.25, 0.3) is 0 Å². The van der Waals surface area contributed by atoms with Gasteiger partial charge in [-0.25, -0.2) is 9.78 Å². The maximum absolute atomic E-state index is 11.9. The van der Waals surface area contributed by atoms with Crippen LogP contribution in [0.5, 0.6) is 5.75 Å². The number of pyridine rings is 1. The number of hydrogen-bond donors (Lipinski definition) is 1. The van der Waals surface area contributed by atoms with E-state index >= 15 is 0 Å². The number of ether oxygens (including phenoxy) is 2. The Hall–Kier alpha value is -2.27. The van der Waals surface area contributed by atoms with Crippen molar-refractivity contribution >= 4 is 23.3 Å². The smallest absolute Gasteiger partial charge is 0.341 e. The van der Waals surface area contributed by atoms with Gasteiger partial charge in [0.2, 0.25) is 0 Å². The van der Waals surface area contributed by atoms with E-state index in [9.17, 15) is 4.79 Å². The van der Waals surface area contributed by atoms with Crippen molar-refractivity contribution in [2.24, 2.45) is 0 Å². The Morgan fingerprint density at radius 1 is 1.25 bits per heavy atom. The van der Waals surface area contributed by atoms with E-state index < -0.39 is 5.97 Å². The average Bonchev–Trinajstić information content (AvgIpc) is 2.62. The second-order valence-corrected chi connectivity index (χ2v) is 4.86. The lowest BCUT2D eigenvalue weighted by Gasteiger charge is -2.11. The summed E-state index contributed by atoms with van der Waals surface area (Å²) >= 11 is 5.90. The van der Waals surface area contributed by atoms with E-state index in [1.54, 1.807) is 20.1 Å². The molecule has 6 heteroatoms. The second kappa shape index (κ2) is 10.5. The number of esters is 1. The normalized spacial score (nSPS) is 9.54. The van der Waals surface area contributed by atoms with Gasteiger partial charge in [-0.05, 0) is 30.7 Å². The quantitative estimate of drug-likeness (QED) is 0.611. The number of benzene rings is 1. The highest BCUT2D eigenvalue weighted by atomic mass is 35.5. The van der Waals surface area contributed by atoms with E-state index in [1.165, 1.54) is 6.20 Å². The summed E-state index contributed by atoms with van der Waals surface area (Å²) in [6, 6.07) is 9.25. The zero-order valence-electron chi connectivity index (χ0n) is 14.4. The summed E-state index contributed by atoms with van der Waals surface area (Å²) < 4.78 is 10.1. The number of nitrogens with one attached hydrogen (secondary N) is 1. The van der Waals surface area contributed by atoms with Crippen LogP contribution in [0.3, 0.4) is 0 Å². The summed E-state index contributed by atoms with van der Waals surface area (Å²) in [5.74, 6) is 0.367. The van der Waals surface area contributed by atoms with Crippen LogP contribution in [0, 0.1) is 0 Å². The molecule has 1 aromatic carbocycles. The van der Waals surface area contributed by atoms with E-state index in [0.717, 1.165) is 11.3 Å². The number of anilines is 1. The van der Waals surface area contributed by atoms with Crippen LogP contribution in [-0.2, 0) is 11.3 Å². The molecule has 0 aliphatic rings. The van der Waals surface area contributed by atoms with E-state index in [-0.39, 0.29) is 0 Å². The van der Waals surface area contributed by atoms with Crippen LogP contribution < -0.4 is 10.1 Å². The first-order valence-electron chi connectivity index (χ1n) is 7.83. The zero-order valence-corrected chi connectivity index (χ0v) is 15.2. The second-order valence-electron chi connectivity index (χ2n) is 4.47. The largest absolute Gasteiger partial charge is 0.497 e. The maximum atomic E-state index is 11.9. The summed E-state index contributed by atoms with van der Waals surface area (Å²) in [6.45, 7) is 6.60. The first-order chi connectivity index (χ1) is 11.6. The van der Waals surface area contributed by atoms with Gasteiger partial charge in [0.15, 0.2) is 0 Å². The lowest BCUT2D eigenvalue weighted by Crippen LogP contribution is -2.10. The third-order valence-electron chi connectivity index (χ3n) is 3.01. The molecule has 5 nitrogen and oxygen atoms in total. The highest BCUT2D eigenvalue weighted by Gasteiger charge is 2.13. The number of halogens is 1. The summed E-state index contributed by atoms with van der Waals surface area (Å²) in [7, 11) is 1.62. The standard InChI is InChI=1S/C16H17ClN2O3.C2H6/c1-3-22-16(20)13-10-19-15(17)8-14(13)18-9-11-4-6-12(21-2)7-5-11;1-2/h4-8,10H,3,9H2,1-2H3,(H,18,19);1-2H3. The third kappa shape index (κ3) is 5.74. The van der Waals surface area contributed by atoms with Gasteiger partial charge in [-0.1, -0.05) is 37.6 Å². The molecule has 2 aromatic rings. The van der Waals surface area contributed by atoms with Crippen molar-refractivity contribution in [3.63, 3.8) is 0 Å². The fraction of sp³-hybridized carbons (Fsp3) is 0.333. The molecular weight excluding hydrogens is 328 g/mol. The topological polar surface area (TPSA) is 60.5 Å². The van der Waals surface area contributed by atoms with E-state index in [0.29, 0.717) is 29.6 Å². The minimum Gasteiger partial charge on any atom is -0.497 e. The Morgan fingerprint density at radius 3 is 2.50 bits per heavy atom. The SMILES string of the molecule is CC.CCOC(=O)c1cnc(Cl)cc1NCc1ccc(OC)cc1. The molecule has 24 heavy (non-hydrogen) atoms. The maximum Gasteiger partial charge on any atom is 0.341 e. The Kier molecular flexibility index (Phi) is 8.65. The van der Waals surface area contributed by atoms with Crippen LogP contribution in [0.1, 0.15) is 36.7 Å². The Balaban J connectivity index is 0.00000139. The van der Waals surface area contributed by atoms with Crippen molar-refractivity contribution in [3.05, 3.63) is 52.8 Å². The van der Waals surface area contributed by atoms with Crippen molar-refractivity contribution in [2.45, 2.75) is 27.3 Å². The number of carbonyl (C=O) groups excluding carboxylic acids is 1. The van der Waals surface area contributed by atoms with Gasteiger partial charge in [-0.2, -0.15) is 0 Å². The number of rotatable bonds is 6. The van der Waals surface area contributed by atoms with Crippen molar-refractivity contribution in [1.29, 1.82) is 0 Å². The Labute approximate surface area is 148 Å². The van der Waals surface area contributed by atoms with E-state index in [2.05, 4.69) is 10.3 Å².